The summed E-state index contributed by atoms with van der Waals surface area (Å²) in [5.41, 5.74) is 0.0471. The van der Waals surface area contributed by atoms with Crippen LogP contribution in [-0.4, -0.2) is 17.9 Å². The average molecular weight is 296 g/mol. The number of hydrogen-bond donors (Lipinski definition) is 2. The molecule has 0 radical (unpaired) electrons. The Morgan fingerprint density at radius 1 is 1.14 bits per heavy atom. The molecule has 1 atom stereocenters. The first kappa shape index (κ1) is 15.4. The lowest BCUT2D eigenvalue weighted by Crippen LogP contribution is -2.47. The lowest BCUT2D eigenvalue weighted by atomic mass is 9.97. The molecule has 2 amide bonds. The van der Waals surface area contributed by atoms with Crippen LogP contribution in [-0.2, 0) is 9.59 Å². The van der Waals surface area contributed by atoms with E-state index >= 15 is 0 Å². The number of carbonyl (C=O) groups excluding carboxylic acids is 2. The van der Waals surface area contributed by atoms with E-state index in [9.17, 15) is 18.4 Å². The highest BCUT2D eigenvalue weighted by atomic mass is 19.1. The Kier molecular flexibility index (Phi) is 4.88. The van der Waals surface area contributed by atoms with E-state index in [0.717, 1.165) is 43.9 Å². The van der Waals surface area contributed by atoms with E-state index in [1.54, 1.807) is 0 Å². The van der Waals surface area contributed by atoms with Crippen molar-refractivity contribution < 1.29 is 18.4 Å². The lowest BCUT2D eigenvalue weighted by molar-refractivity contribution is -0.126. The van der Waals surface area contributed by atoms with Gasteiger partial charge in [-0.2, -0.15) is 0 Å². The van der Waals surface area contributed by atoms with Crippen LogP contribution in [0.3, 0.4) is 0 Å². The number of halogens is 2. The molecule has 0 aromatic heterocycles. The third kappa shape index (κ3) is 4.24. The van der Waals surface area contributed by atoms with E-state index in [2.05, 4.69) is 10.6 Å². The molecule has 6 heteroatoms. The van der Waals surface area contributed by atoms with E-state index in [0.29, 0.717) is 0 Å². The maximum absolute atomic E-state index is 13.1. The molecule has 0 spiro atoms. The summed E-state index contributed by atoms with van der Waals surface area (Å²) in [5, 5.41) is 5.10. The van der Waals surface area contributed by atoms with E-state index in [1.807, 2.05) is 0 Å². The van der Waals surface area contributed by atoms with Gasteiger partial charge in [0, 0.05) is 18.7 Å². The number of anilines is 1. The highest BCUT2D eigenvalue weighted by molar-refractivity contribution is 5.97. The standard InChI is InChI=1S/C15H18F2N2O2/c1-9(20)18-14(10-4-2-3-5-10)15(21)19-13-7-11(16)6-12(17)8-13/h6-8,10,14H,2-5H2,1H3,(H,18,20)(H,19,21)/t14-/m0/s1. The van der Waals surface area contributed by atoms with Gasteiger partial charge < -0.3 is 10.6 Å². The molecule has 21 heavy (non-hydrogen) atoms. The van der Waals surface area contributed by atoms with Gasteiger partial charge in [0.25, 0.3) is 0 Å². The largest absolute Gasteiger partial charge is 0.344 e. The molecule has 1 saturated carbocycles. The van der Waals surface area contributed by atoms with E-state index < -0.39 is 23.6 Å². The predicted octanol–water partition coefficient (Wildman–Crippen LogP) is 2.60. The number of nitrogens with one attached hydrogen (secondary N) is 2. The van der Waals surface area contributed by atoms with Crippen molar-refractivity contribution in [2.75, 3.05) is 5.32 Å². The van der Waals surface area contributed by atoms with Gasteiger partial charge in [-0.15, -0.1) is 0 Å². The molecule has 1 fully saturated rings. The molecular formula is C15H18F2N2O2. The Morgan fingerprint density at radius 3 is 2.24 bits per heavy atom. The van der Waals surface area contributed by atoms with Crippen molar-refractivity contribution in [3.63, 3.8) is 0 Å². The van der Waals surface area contributed by atoms with Gasteiger partial charge in [-0.3, -0.25) is 9.59 Å². The molecule has 0 heterocycles. The van der Waals surface area contributed by atoms with Crippen LogP contribution in [0.5, 0.6) is 0 Å². The van der Waals surface area contributed by atoms with Gasteiger partial charge in [0.2, 0.25) is 11.8 Å². The SMILES string of the molecule is CC(=O)N[C@H](C(=O)Nc1cc(F)cc(F)c1)C1CCCC1. The third-order valence-corrected chi connectivity index (χ3v) is 3.64. The zero-order valence-electron chi connectivity index (χ0n) is 11.8. The topological polar surface area (TPSA) is 58.2 Å². The minimum Gasteiger partial charge on any atom is -0.344 e. The van der Waals surface area contributed by atoms with Crippen LogP contribution in [0.15, 0.2) is 18.2 Å². The summed E-state index contributed by atoms with van der Waals surface area (Å²) < 4.78 is 26.3. The highest BCUT2D eigenvalue weighted by Crippen LogP contribution is 2.28. The zero-order valence-corrected chi connectivity index (χ0v) is 11.8. The van der Waals surface area contributed by atoms with Gasteiger partial charge in [0.1, 0.15) is 17.7 Å². The minimum absolute atomic E-state index is 0.0471. The van der Waals surface area contributed by atoms with E-state index in [4.69, 9.17) is 0 Å². The average Bonchev–Trinajstić information content (AvgIpc) is 2.87. The Labute approximate surface area is 121 Å². The van der Waals surface area contributed by atoms with Crippen molar-refractivity contribution in [2.45, 2.75) is 38.6 Å². The lowest BCUT2D eigenvalue weighted by Gasteiger charge is -2.23. The maximum atomic E-state index is 13.1. The number of benzene rings is 1. The number of hydrogen-bond acceptors (Lipinski definition) is 2. The molecular weight excluding hydrogens is 278 g/mol. The molecule has 2 rings (SSSR count). The molecule has 0 unspecified atom stereocenters. The first-order valence-electron chi connectivity index (χ1n) is 7.00. The fourth-order valence-corrected chi connectivity index (χ4v) is 2.75. The second-order valence-corrected chi connectivity index (χ2v) is 5.37. The van der Waals surface area contributed by atoms with Crippen LogP contribution in [0.4, 0.5) is 14.5 Å². The molecule has 1 aliphatic carbocycles. The normalized spacial score (nSPS) is 16.5. The summed E-state index contributed by atoms with van der Waals surface area (Å²) in [5.74, 6) is -2.20. The summed E-state index contributed by atoms with van der Waals surface area (Å²) in [6.07, 6.45) is 3.75. The second kappa shape index (κ2) is 6.65. The van der Waals surface area contributed by atoms with Crippen LogP contribution < -0.4 is 10.6 Å². The van der Waals surface area contributed by atoms with Crippen LogP contribution in [0, 0.1) is 17.6 Å². The Morgan fingerprint density at radius 2 is 1.71 bits per heavy atom. The Balaban J connectivity index is 2.11. The molecule has 1 aromatic carbocycles. The first-order valence-corrected chi connectivity index (χ1v) is 7.00. The zero-order chi connectivity index (χ0) is 15.4. The number of rotatable bonds is 4. The molecule has 114 valence electrons. The van der Waals surface area contributed by atoms with E-state index in [1.165, 1.54) is 6.92 Å². The van der Waals surface area contributed by atoms with Gasteiger partial charge in [0.15, 0.2) is 0 Å². The second-order valence-electron chi connectivity index (χ2n) is 5.37. The molecule has 0 saturated heterocycles. The summed E-state index contributed by atoms with van der Waals surface area (Å²) in [4.78, 5) is 23.6. The van der Waals surface area contributed by atoms with Crippen molar-refractivity contribution in [2.24, 2.45) is 5.92 Å². The van der Waals surface area contributed by atoms with Crippen LogP contribution >= 0.6 is 0 Å². The van der Waals surface area contributed by atoms with Crippen molar-refractivity contribution in [1.29, 1.82) is 0 Å². The molecule has 0 bridgehead atoms. The monoisotopic (exact) mass is 296 g/mol. The molecule has 2 N–H and O–H groups in total. The van der Waals surface area contributed by atoms with E-state index in [-0.39, 0.29) is 17.5 Å². The maximum Gasteiger partial charge on any atom is 0.247 e. The predicted molar refractivity (Wildman–Crippen MR) is 74.6 cm³/mol. The highest BCUT2D eigenvalue weighted by Gasteiger charge is 2.31. The number of amides is 2. The van der Waals surface area contributed by atoms with Gasteiger partial charge in [-0.25, -0.2) is 8.78 Å². The quantitative estimate of drug-likeness (QED) is 0.897. The van der Waals surface area contributed by atoms with Gasteiger partial charge in [0.05, 0.1) is 0 Å². The van der Waals surface area contributed by atoms with Crippen molar-refractivity contribution >= 4 is 17.5 Å². The third-order valence-electron chi connectivity index (χ3n) is 3.64. The Bertz CT molecular complexity index is 522. The van der Waals surface area contributed by atoms with Gasteiger partial charge in [-0.1, -0.05) is 12.8 Å². The molecule has 4 nitrogen and oxygen atoms in total. The summed E-state index contributed by atoms with van der Waals surface area (Å²) >= 11 is 0. The first-order chi connectivity index (χ1) is 9.95. The summed E-state index contributed by atoms with van der Waals surface area (Å²) in [7, 11) is 0. The smallest absolute Gasteiger partial charge is 0.247 e. The fraction of sp³-hybridized carbons (Fsp3) is 0.467. The van der Waals surface area contributed by atoms with Crippen molar-refractivity contribution in [1.82, 2.24) is 5.32 Å². The molecule has 0 aliphatic heterocycles. The minimum atomic E-state index is -0.762. The van der Waals surface area contributed by atoms with Crippen LogP contribution in [0.2, 0.25) is 0 Å². The van der Waals surface area contributed by atoms with Crippen molar-refractivity contribution in [3.8, 4) is 0 Å². The van der Waals surface area contributed by atoms with Gasteiger partial charge >= 0.3 is 0 Å². The summed E-state index contributed by atoms with van der Waals surface area (Å²) in [6.45, 7) is 1.34. The summed E-state index contributed by atoms with van der Waals surface area (Å²) in [6, 6.07) is 2.15. The van der Waals surface area contributed by atoms with Crippen molar-refractivity contribution in [3.05, 3.63) is 29.8 Å². The van der Waals surface area contributed by atoms with Crippen LogP contribution in [0.1, 0.15) is 32.6 Å². The fourth-order valence-electron chi connectivity index (χ4n) is 2.75. The Hall–Kier alpha value is -1.98. The molecule has 1 aliphatic rings. The molecule has 1 aromatic rings. The van der Waals surface area contributed by atoms with Gasteiger partial charge in [-0.05, 0) is 30.9 Å². The number of carbonyl (C=O) groups is 2. The van der Waals surface area contributed by atoms with Crippen LogP contribution in [0.25, 0.3) is 0 Å².